The Hall–Kier alpha value is -1.96. The first kappa shape index (κ1) is 15.0. The first-order chi connectivity index (χ1) is 10.6. The minimum atomic E-state index is -0.212. The molecule has 3 rings (SSSR count). The lowest BCUT2D eigenvalue weighted by Gasteiger charge is -2.32. The lowest BCUT2D eigenvalue weighted by Crippen LogP contribution is -2.42. The molecule has 1 aliphatic heterocycles. The number of carbonyl (C=O) groups is 1. The monoisotopic (exact) mass is 321 g/mol. The van der Waals surface area contributed by atoms with Gasteiger partial charge in [0.05, 0.1) is 6.04 Å². The van der Waals surface area contributed by atoms with Gasteiger partial charge in [0.15, 0.2) is 0 Å². The van der Waals surface area contributed by atoms with Crippen LogP contribution in [0.15, 0.2) is 22.3 Å². The smallest absolute Gasteiger partial charge is 0.342 e. The predicted molar refractivity (Wildman–Crippen MR) is 83.2 cm³/mol. The molecule has 3 heterocycles. The molecule has 1 fully saturated rings. The van der Waals surface area contributed by atoms with E-state index < -0.39 is 0 Å². The van der Waals surface area contributed by atoms with Crippen LogP contribution in [-0.2, 0) is 4.79 Å². The zero-order valence-corrected chi connectivity index (χ0v) is 13.5. The second-order valence-corrected chi connectivity index (χ2v) is 6.71. The number of thiophene rings is 1. The summed E-state index contributed by atoms with van der Waals surface area (Å²) >= 11 is 1.45. The molecule has 7 nitrogen and oxygen atoms in total. The number of carbonyl (C=O) groups excluding carboxylic acids is 1. The minimum absolute atomic E-state index is 0.0115. The number of hydrogen-bond donors (Lipinski definition) is 0. The molecule has 0 atom stereocenters. The average molecular weight is 321 g/mol. The number of likely N-dealkylation sites (tertiary alicyclic amines) is 1. The van der Waals surface area contributed by atoms with Crippen LogP contribution in [0, 0.1) is 5.92 Å². The third-order valence-corrected chi connectivity index (χ3v) is 4.78. The summed E-state index contributed by atoms with van der Waals surface area (Å²) in [4.78, 5) is 26.3. The fourth-order valence-electron chi connectivity index (χ4n) is 2.71. The van der Waals surface area contributed by atoms with E-state index in [0.29, 0.717) is 13.1 Å². The summed E-state index contributed by atoms with van der Waals surface area (Å²) in [6.07, 6.45) is 1.48. The first-order valence-electron chi connectivity index (χ1n) is 7.45. The van der Waals surface area contributed by atoms with Crippen molar-refractivity contribution >= 4 is 17.2 Å². The standard InChI is InChI=1S/C14H19N5O2S/c1-10(2)13(20)17-7-5-11(6-8-17)18-14(21)19(16-15-18)12-4-3-9-22-12/h3-4,9-11H,5-8H2,1-2H3. The zero-order valence-electron chi connectivity index (χ0n) is 12.7. The Morgan fingerprint density at radius 3 is 2.64 bits per heavy atom. The highest BCUT2D eigenvalue weighted by molar-refractivity contribution is 7.12. The Morgan fingerprint density at radius 1 is 1.32 bits per heavy atom. The highest BCUT2D eigenvalue weighted by Gasteiger charge is 2.27. The number of aromatic nitrogens is 4. The molecular weight excluding hydrogens is 302 g/mol. The van der Waals surface area contributed by atoms with Gasteiger partial charge in [-0.25, -0.2) is 4.79 Å². The lowest BCUT2D eigenvalue weighted by molar-refractivity contribution is -0.135. The largest absolute Gasteiger partial charge is 0.369 e. The second-order valence-electron chi connectivity index (χ2n) is 5.78. The molecule has 2 aromatic heterocycles. The molecule has 0 spiro atoms. The Labute approximate surface area is 132 Å². The topological polar surface area (TPSA) is 73.0 Å². The molecule has 0 radical (unpaired) electrons. The van der Waals surface area contributed by atoms with E-state index >= 15 is 0 Å². The summed E-state index contributed by atoms with van der Waals surface area (Å²) in [7, 11) is 0. The summed E-state index contributed by atoms with van der Waals surface area (Å²) in [6, 6.07) is 3.73. The van der Waals surface area contributed by atoms with Crippen LogP contribution in [0.25, 0.3) is 5.00 Å². The summed E-state index contributed by atoms with van der Waals surface area (Å²) in [6.45, 7) is 5.15. The fourth-order valence-corrected chi connectivity index (χ4v) is 3.38. The van der Waals surface area contributed by atoms with Crippen LogP contribution in [0.2, 0.25) is 0 Å². The van der Waals surface area contributed by atoms with E-state index in [2.05, 4.69) is 10.4 Å². The second kappa shape index (κ2) is 6.04. The van der Waals surface area contributed by atoms with Gasteiger partial charge in [0.2, 0.25) is 5.91 Å². The molecule has 0 saturated carbocycles. The van der Waals surface area contributed by atoms with Crippen LogP contribution in [0.5, 0.6) is 0 Å². The summed E-state index contributed by atoms with van der Waals surface area (Å²) in [5.41, 5.74) is -0.212. The first-order valence-corrected chi connectivity index (χ1v) is 8.33. The van der Waals surface area contributed by atoms with Gasteiger partial charge in [-0.1, -0.05) is 13.8 Å². The van der Waals surface area contributed by atoms with Gasteiger partial charge in [0.1, 0.15) is 5.00 Å². The van der Waals surface area contributed by atoms with E-state index in [1.54, 1.807) is 0 Å². The highest BCUT2D eigenvalue weighted by Crippen LogP contribution is 2.21. The molecule has 118 valence electrons. The number of hydrogen-bond acceptors (Lipinski definition) is 5. The molecule has 1 amide bonds. The molecule has 0 aliphatic carbocycles. The fraction of sp³-hybridized carbons (Fsp3) is 0.571. The van der Waals surface area contributed by atoms with Crippen LogP contribution in [0.3, 0.4) is 0 Å². The van der Waals surface area contributed by atoms with E-state index in [-0.39, 0.29) is 23.6 Å². The van der Waals surface area contributed by atoms with Crippen molar-refractivity contribution in [2.24, 2.45) is 5.92 Å². The van der Waals surface area contributed by atoms with Gasteiger partial charge in [-0.15, -0.1) is 11.3 Å². The average Bonchev–Trinajstić information content (AvgIpc) is 3.16. The van der Waals surface area contributed by atoms with E-state index in [4.69, 9.17) is 0 Å². The molecule has 22 heavy (non-hydrogen) atoms. The van der Waals surface area contributed by atoms with Crippen molar-refractivity contribution in [2.45, 2.75) is 32.7 Å². The predicted octanol–water partition coefficient (Wildman–Crippen LogP) is 1.31. The quantitative estimate of drug-likeness (QED) is 0.854. The molecule has 2 aromatic rings. The van der Waals surface area contributed by atoms with Gasteiger partial charge in [-0.3, -0.25) is 4.79 Å². The van der Waals surface area contributed by atoms with Gasteiger partial charge < -0.3 is 4.90 Å². The van der Waals surface area contributed by atoms with Gasteiger partial charge in [-0.2, -0.15) is 9.36 Å². The van der Waals surface area contributed by atoms with Crippen molar-refractivity contribution in [3.05, 3.63) is 28.0 Å². The van der Waals surface area contributed by atoms with Crippen LogP contribution < -0.4 is 5.69 Å². The summed E-state index contributed by atoms with van der Waals surface area (Å²) in [5.74, 6) is 0.187. The highest BCUT2D eigenvalue weighted by atomic mass is 32.1. The van der Waals surface area contributed by atoms with E-state index in [1.165, 1.54) is 20.7 Å². The van der Waals surface area contributed by atoms with Crippen molar-refractivity contribution in [1.82, 2.24) is 24.7 Å². The molecule has 0 N–H and O–H groups in total. The summed E-state index contributed by atoms with van der Waals surface area (Å²) < 4.78 is 2.78. The van der Waals surface area contributed by atoms with Crippen LogP contribution >= 0.6 is 11.3 Å². The van der Waals surface area contributed by atoms with Gasteiger partial charge in [0.25, 0.3) is 0 Å². The Kier molecular flexibility index (Phi) is 4.10. The zero-order chi connectivity index (χ0) is 15.7. The summed E-state index contributed by atoms with van der Waals surface area (Å²) in [5, 5.41) is 10.7. The lowest BCUT2D eigenvalue weighted by atomic mass is 10.0. The van der Waals surface area contributed by atoms with E-state index in [0.717, 1.165) is 17.8 Å². The van der Waals surface area contributed by atoms with Crippen molar-refractivity contribution < 1.29 is 4.79 Å². The van der Waals surface area contributed by atoms with E-state index in [9.17, 15) is 9.59 Å². The third kappa shape index (κ3) is 2.70. The van der Waals surface area contributed by atoms with Crippen molar-refractivity contribution in [3.8, 4) is 5.00 Å². The molecule has 8 heteroatoms. The van der Waals surface area contributed by atoms with Crippen molar-refractivity contribution in [2.75, 3.05) is 13.1 Å². The molecule has 0 bridgehead atoms. The molecule has 1 aliphatic rings. The van der Waals surface area contributed by atoms with Crippen LogP contribution in [-0.4, -0.2) is 43.7 Å². The normalized spacial score (nSPS) is 16.4. The van der Waals surface area contributed by atoms with Crippen LogP contribution in [0.4, 0.5) is 0 Å². The Balaban J connectivity index is 1.72. The number of piperidine rings is 1. The number of tetrazole rings is 1. The van der Waals surface area contributed by atoms with Crippen molar-refractivity contribution in [1.29, 1.82) is 0 Å². The van der Waals surface area contributed by atoms with E-state index in [1.807, 2.05) is 36.3 Å². The maximum Gasteiger partial charge on any atom is 0.369 e. The minimum Gasteiger partial charge on any atom is -0.342 e. The number of nitrogens with zero attached hydrogens (tertiary/aromatic N) is 5. The van der Waals surface area contributed by atoms with Gasteiger partial charge in [-0.05, 0) is 40.8 Å². The third-order valence-electron chi connectivity index (χ3n) is 3.93. The van der Waals surface area contributed by atoms with Gasteiger partial charge in [0, 0.05) is 19.0 Å². The SMILES string of the molecule is CC(C)C(=O)N1CCC(n2nnn(-c3cccs3)c2=O)CC1. The molecule has 0 unspecified atom stereocenters. The van der Waals surface area contributed by atoms with Crippen molar-refractivity contribution in [3.63, 3.8) is 0 Å². The van der Waals surface area contributed by atoms with Crippen LogP contribution in [0.1, 0.15) is 32.7 Å². The number of amides is 1. The maximum atomic E-state index is 12.4. The molecule has 0 aromatic carbocycles. The Bertz CT molecular complexity index is 695. The van der Waals surface area contributed by atoms with Gasteiger partial charge >= 0.3 is 5.69 Å². The Morgan fingerprint density at radius 2 is 2.05 bits per heavy atom. The maximum absolute atomic E-state index is 12.4. The molecule has 1 saturated heterocycles. The number of rotatable bonds is 3. The molecular formula is C14H19N5O2S.